The smallest absolute Gasteiger partial charge is 0.133 e. The number of ether oxygens (including phenoxy) is 2. The molecule has 5 nitrogen and oxygen atoms in total. The zero-order chi connectivity index (χ0) is 24.2. The summed E-state index contributed by atoms with van der Waals surface area (Å²) in [6, 6.07) is 8.74. The Hall–Kier alpha value is -2.24. The second-order valence-electron chi connectivity index (χ2n) is 10.0. The van der Waals surface area contributed by atoms with Gasteiger partial charge in [-0.2, -0.15) is 0 Å². The molecule has 0 N–H and O–H groups in total. The molecule has 1 aliphatic heterocycles. The highest BCUT2D eigenvalue weighted by atomic mass is 16.5. The molecule has 1 aliphatic carbocycles. The lowest BCUT2D eigenvalue weighted by molar-refractivity contribution is -0.121. The number of benzene rings is 1. The summed E-state index contributed by atoms with van der Waals surface area (Å²) >= 11 is 0. The molecule has 2 fully saturated rings. The SMILES string of the molecule is CCc1cccc(CC)c1-c1cc(OC2CCC(=O)CC2)c(CN2CC(C)OC(C)C2)c(C)n1. The summed E-state index contributed by atoms with van der Waals surface area (Å²) in [6.45, 7) is 13.4. The van der Waals surface area contributed by atoms with Gasteiger partial charge in [0.25, 0.3) is 0 Å². The van der Waals surface area contributed by atoms with Crippen LogP contribution in [-0.2, 0) is 28.9 Å². The predicted molar refractivity (Wildman–Crippen MR) is 136 cm³/mol. The van der Waals surface area contributed by atoms with Crippen LogP contribution >= 0.6 is 0 Å². The first-order valence-electron chi connectivity index (χ1n) is 13.1. The Labute approximate surface area is 204 Å². The van der Waals surface area contributed by atoms with Crippen LogP contribution in [0.5, 0.6) is 5.75 Å². The third kappa shape index (κ3) is 5.69. The Morgan fingerprint density at radius 2 is 1.68 bits per heavy atom. The molecule has 184 valence electrons. The molecule has 0 bridgehead atoms. The zero-order valence-electron chi connectivity index (χ0n) is 21.5. The van der Waals surface area contributed by atoms with E-state index in [9.17, 15) is 4.79 Å². The largest absolute Gasteiger partial charge is 0.490 e. The van der Waals surface area contributed by atoms with Gasteiger partial charge in [-0.3, -0.25) is 14.7 Å². The lowest BCUT2D eigenvalue weighted by atomic mass is 9.93. The maximum absolute atomic E-state index is 11.8. The van der Waals surface area contributed by atoms with Crippen molar-refractivity contribution in [2.24, 2.45) is 0 Å². The van der Waals surface area contributed by atoms with Crippen molar-refractivity contribution in [3.05, 3.63) is 46.6 Å². The molecule has 2 heterocycles. The van der Waals surface area contributed by atoms with E-state index in [1.54, 1.807) is 0 Å². The average Bonchev–Trinajstić information content (AvgIpc) is 2.81. The molecule has 1 aromatic heterocycles. The van der Waals surface area contributed by atoms with Gasteiger partial charge in [0.05, 0.1) is 24.0 Å². The zero-order valence-corrected chi connectivity index (χ0v) is 21.5. The topological polar surface area (TPSA) is 51.7 Å². The van der Waals surface area contributed by atoms with Crippen molar-refractivity contribution in [1.29, 1.82) is 0 Å². The highest BCUT2D eigenvalue weighted by molar-refractivity contribution is 5.79. The van der Waals surface area contributed by atoms with Crippen molar-refractivity contribution in [2.45, 2.75) is 98.0 Å². The lowest BCUT2D eigenvalue weighted by Crippen LogP contribution is -2.45. The third-order valence-corrected chi connectivity index (χ3v) is 7.21. The van der Waals surface area contributed by atoms with Crippen LogP contribution in [0.2, 0.25) is 0 Å². The predicted octanol–water partition coefficient (Wildman–Crippen LogP) is 5.68. The van der Waals surface area contributed by atoms with Gasteiger partial charge >= 0.3 is 0 Å². The number of carbonyl (C=O) groups is 1. The molecule has 34 heavy (non-hydrogen) atoms. The quantitative estimate of drug-likeness (QED) is 0.527. The van der Waals surface area contributed by atoms with E-state index >= 15 is 0 Å². The first kappa shape index (κ1) is 24.9. The van der Waals surface area contributed by atoms with E-state index in [0.717, 1.165) is 68.0 Å². The minimum atomic E-state index is 0.0840. The summed E-state index contributed by atoms with van der Waals surface area (Å²) < 4.78 is 12.6. The summed E-state index contributed by atoms with van der Waals surface area (Å²) in [5.74, 6) is 1.29. The second-order valence-corrected chi connectivity index (χ2v) is 10.0. The fraction of sp³-hybridized carbons (Fsp3) is 0.586. The van der Waals surface area contributed by atoms with E-state index < -0.39 is 0 Å². The standard InChI is InChI=1S/C29H40N2O3/c1-6-22-9-8-10-23(7-2)29(22)27-15-28(34-25-13-11-24(32)12-14-25)26(21(5)30-27)18-31-16-19(3)33-20(4)17-31/h8-10,15,19-20,25H,6-7,11-14,16-18H2,1-5H3. The maximum atomic E-state index is 11.8. The van der Waals surface area contributed by atoms with Crippen LogP contribution in [0.15, 0.2) is 24.3 Å². The van der Waals surface area contributed by atoms with E-state index in [0.29, 0.717) is 18.6 Å². The van der Waals surface area contributed by atoms with Gasteiger partial charge in [0.2, 0.25) is 0 Å². The third-order valence-electron chi connectivity index (χ3n) is 7.21. The fourth-order valence-corrected chi connectivity index (χ4v) is 5.51. The second kappa shape index (κ2) is 11.0. The first-order valence-corrected chi connectivity index (χ1v) is 13.1. The molecular formula is C29H40N2O3. The molecule has 5 heteroatoms. The van der Waals surface area contributed by atoms with Crippen molar-refractivity contribution in [3.8, 4) is 17.0 Å². The Morgan fingerprint density at radius 1 is 1.06 bits per heavy atom. The molecule has 2 aliphatic rings. The number of ketones is 1. The maximum Gasteiger partial charge on any atom is 0.133 e. The number of aryl methyl sites for hydroxylation is 3. The van der Waals surface area contributed by atoms with Crippen molar-refractivity contribution in [1.82, 2.24) is 9.88 Å². The number of rotatable bonds is 7. The first-order chi connectivity index (χ1) is 16.4. The van der Waals surface area contributed by atoms with E-state index in [2.05, 4.69) is 63.8 Å². The summed E-state index contributed by atoms with van der Waals surface area (Å²) in [7, 11) is 0. The number of hydrogen-bond donors (Lipinski definition) is 0. The number of carbonyl (C=O) groups excluding carboxylic acids is 1. The van der Waals surface area contributed by atoms with Gasteiger partial charge in [0.15, 0.2) is 0 Å². The van der Waals surface area contributed by atoms with Gasteiger partial charge in [0.1, 0.15) is 11.5 Å². The van der Waals surface area contributed by atoms with Crippen molar-refractivity contribution >= 4 is 5.78 Å². The number of Topliss-reactive ketones (excluding diaryl/α,β-unsaturated/α-hetero) is 1. The molecule has 0 spiro atoms. The Balaban J connectivity index is 1.73. The minimum absolute atomic E-state index is 0.0840. The molecule has 2 atom stereocenters. The van der Waals surface area contributed by atoms with Gasteiger partial charge in [-0.15, -0.1) is 0 Å². The van der Waals surface area contributed by atoms with E-state index in [-0.39, 0.29) is 18.3 Å². The highest BCUT2D eigenvalue weighted by Gasteiger charge is 2.27. The summed E-state index contributed by atoms with van der Waals surface area (Å²) in [5, 5.41) is 0. The number of aromatic nitrogens is 1. The van der Waals surface area contributed by atoms with Crippen LogP contribution in [0.25, 0.3) is 11.3 Å². The number of nitrogens with zero attached hydrogens (tertiary/aromatic N) is 2. The number of hydrogen-bond acceptors (Lipinski definition) is 5. The molecule has 1 saturated heterocycles. The summed E-state index contributed by atoms with van der Waals surface area (Å²) in [4.78, 5) is 19.4. The summed E-state index contributed by atoms with van der Waals surface area (Å²) in [5.41, 5.74) is 7.08. The Morgan fingerprint density at radius 3 is 2.26 bits per heavy atom. The van der Waals surface area contributed by atoms with E-state index in [1.807, 2.05) is 0 Å². The van der Waals surface area contributed by atoms with Crippen molar-refractivity contribution in [2.75, 3.05) is 13.1 Å². The van der Waals surface area contributed by atoms with Crippen LogP contribution < -0.4 is 4.74 Å². The molecule has 0 radical (unpaired) electrons. The minimum Gasteiger partial charge on any atom is -0.490 e. The molecule has 1 saturated carbocycles. The normalized spacial score (nSPS) is 22.2. The monoisotopic (exact) mass is 464 g/mol. The van der Waals surface area contributed by atoms with Crippen LogP contribution in [0.4, 0.5) is 0 Å². The number of morpholine rings is 1. The van der Waals surface area contributed by atoms with Crippen molar-refractivity contribution < 1.29 is 14.3 Å². The highest BCUT2D eigenvalue weighted by Crippen LogP contribution is 2.35. The number of pyridine rings is 1. The summed E-state index contributed by atoms with van der Waals surface area (Å²) in [6.07, 6.45) is 5.29. The molecule has 0 amide bonds. The Bertz CT molecular complexity index is 976. The molecular weight excluding hydrogens is 424 g/mol. The van der Waals surface area contributed by atoms with Gasteiger partial charge in [-0.05, 0) is 57.6 Å². The fourth-order valence-electron chi connectivity index (χ4n) is 5.51. The van der Waals surface area contributed by atoms with Crippen LogP contribution in [0.3, 0.4) is 0 Å². The Kier molecular flexibility index (Phi) is 8.05. The van der Waals surface area contributed by atoms with Gasteiger partial charge in [-0.1, -0.05) is 32.0 Å². The molecule has 2 aromatic rings. The molecule has 2 unspecified atom stereocenters. The van der Waals surface area contributed by atoms with Crippen molar-refractivity contribution in [3.63, 3.8) is 0 Å². The van der Waals surface area contributed by atoms with E-state index in [4.69, 9.17) is 14.5 Å². The average molecular weight is 465 g/mol. The van der Waals surface area contributed by atoms with Gasteiger partial charge < -0.3 is 9.47 Å². The van der Waals surface area contributed by atoms with E-state index in [1.165, 1.54) is 16.7 Å². The molecule has 1 aromatic carbocycles. The lowest BCUT2D eigenvalue weighted by Gasteiger charge is -2.36. The van der Waals surface area contributed by atoms with Gasteiger partial charge in [-0.25, -0.2) is 0 Å². The van der Waals surface area contributed by atoms with Crippen LogP contribution in [0, 0.1) is 6.92 Å². The molecule has 4 rings (SSSR count). The van der Waals surface area contributed by atoms with Gasteiger partial charge in [0, 0.05) is 55.4 Å². The van der Waals surface area contributed by atoms with Crippen LogP contribution in [-0.4, -0.2) is 47.1 Å². The van der Waals surface area contributed by atoms with Crippen LogP contribution in [0.1, 0.15) is 75.8 Å².